The molecule has 1 aliphatic rings. The number of rotatable bonds is 4. The lowest BCUT2D eigenvalue weighted by Crippen LogP contribution is -2.55. The second-order valence-electron chi connectivity index (χ2n) is 5.47. The maximum absolute atomic E-state index is 12.2. The van der Waals surface area contributed by atoms with Crippen molar-refractivity contribution in [1.29, 1.82) is 0 Å². The predicted molar refractivity (Wildman–Crippen MR) is 98.1 cm³/mol. The zero-order chi connectivity index (χ0) is 17.8. The van der Waals surface area contributed by atoms with E-state index in [2.05, 4.69) is 10.5 Å². The van der Waals surface area contributed by atoms with Crippen LogP contribution in [0.1, 0.15) is 18.7 Å². The quantitative estimate of drug-likeness (QED) is 0.851. The molecule has 0 fully saturated rings. The highest BCUT2D eigenvalue weighted by Gasteiger charge is 2.32. The first-order valence-electron chi connectivity index (χ1n) is 7.95. The molecule has 0 aliphatic carbocycles. The fraction of sp³-hybridized carbons (Fsp3) is 0.222. The van der Waals surface area contributed by atoms with E-state index in [-0.39, 0.29) is 18.6 Å². The maximum atomic E-state index is 12.2. The minimum atomic E-state index is -0.483. The summed E-state index contributed by atoms with van der Waals surface area (Å²) in [6, 6.07) is 17.2. The van der Waals surface area contributed by atoms with Crippen molar-refractivity contribution in [3.05, 3.63) is 65.2 Å². The summed E-state index contributed by atoms with van der Waals surface area (Å²) in [4.78, 5) is 12.2. The number of hydrogen-bond acceptors (Lipinski definition) is 6. The number of hydrazone groups is 1. The molecule has 0 saturated heterocycles. The summed E-state index contributed by atoms with van der Waals surface area (Å²) in [6.45, 7) is 2.05. The molecule has 3 rings (SSSR count). The van der Waals surface area contributed by atoms with E-state index in [4.69, 9.17) is 16.3 Å². The number of hydrogen-bond donors (Lipinski definition) is 1. The number of hydrazine groups is 1. The second-order valence-corrected chi connectivity index (χ2v) is 5.90. The van der Waals surface area contributed by atoms with E-state index in [0.717, 1.165) is 11.3 Å². The first-order valence-corrected chi connectivity index (χ1v) is 8.33. The van der Waals surface area contributed by atoms with Crippen LogP contribution in [0, 0.1) is 0 Å². The van der Waals surface area contributed by atoms with E-state index < -0.39 is 5.97 Å². The van der Waals surface area contributed by atoms with Gasteiger partial charge in [0, 0.05) is 12.1 Å². The lowest BCUT2D eigenvalue weighted by atomic mass is 10.1. The number of likely N-dealkylation sites (N-methyl/N-ethyl adjacent to an activating group) is 1. The molecule has 0 radical (unpaired) electrons. The van der Waals surface area contributed by atoms with Crippen LogP contribution in [0.4, 0.5) is 5.69 Å². The largest absolute Gasteiger partial charge is 0.460 e. The molecule has 7 heteroatoms. The Morgan fingerprint density at radius 1 is 1.20 bits per heavy atom. The second kappa shape index (κ2) is 7.55. The number of ether oxygens (including phenoxy) is 1. The zero-order valence-corrected chi connectivity index (χ0v) is 14.8. The van der Waals surface area contributed by atoms with Crippen LogP contribution in [-0.2, 0) is 9.53 Å². The van der Waals surface area contributed by atoms with Crippen molar-refractivity contribution in [3.8, 4) is 0 Å². The van der Waals surface area contributed by atoms with Crippen molar-refractivity contribution in [2.45, 2.75) is 13.1 Å². The highest BCUT2D eigenvalue weighted by Crippen LogP contribution is 2.29. The number of amidine groups is 1. The molecule has 1 N–H and O–H groups in total. The first kappa shape index (κ1) is 17.3. The highest BCUT2D eigenvalue weighted by molar-refractivity contribution is 6.35. The van der Waals surface area contributed by atoms with Gasteiger partial charge in [-0.3, -0.25) is 5.01 Å². The van der Waals surface area contributed by atoms with Gasteiger partial charge >= 0.3 is 5.97 Å². The SMILES string of the molecule is CCOC(=O)C1=NN(c2ccc(Cl)cc2)C(c2ccccc2)NN1C. The minimum absolute atomic E-state index is 0.184. The predicted octanol–water partition coefficient (Wildman–Crippen LogP) is 3.17. The van der Waals surface area contributed by atoms with Crippen molar-refractivity contribution in [1.82, 2.24) is 10.4 Å². The van der Waals surface area contributed by atoms with E-state index in [1.807, 2.05) is 42.5 Å². The summed E-state index contributed by atoms with van der Waals surface area (Å²) >= 11 is 6.00. The normalized spacial score (nSPS) is 17.2. The van der Waals surface area contributed by atoms with Gasteiger partial charge in [-0.25, -0.2) is 15.2 Å². The molecule has 0 aromatic heterocycles. The van der Waals surface area contributed by atoms with Crippen LogP contribution in [0.2, 0.25) is 5.02 Å². The molecular formula is C18H19ClN4O2. The molecule has 0 saturated carbocycles. The third-order valence-electron chi connectivity index (χ3n) is 3.75. The smallest absolute Gasteiger partial charge is 0.377 e. The summed E-state index contributed by atoms with van der Waals surface area (Å²) < 4.78 is 5.10. The number of carbonyl (C=O) groups excluding carboxylic acids is 1. The average molecular weight is 359 g/mol. The third kappa shape index (κ3) is 3.75. The minimum Gasteiger partial charge on any atom is -0.460 e. The Bertz CT molecular complexity index is 764. The van der Waals surface area contributed by atoms with Crippen molar-refractivity contribution >= 4 is 29.1 Å². The first-order chi connectivity index (χ1) is 12.1. The topological polar surface area (TPSA) is 57.2 Å². The number of benzene rings is 2. The van der Waals surface area contributed by atoms with Gasteiger partial charge in [-0.2, -0.15) is 0 Å². The van der Waals surface area contributed by atoms with Gasteiger partial charge in [0.05, 0.1) is 12.3 Å². The van der Waals surface area contributed by atoms with Crippen LogP contribution >= 0.6 is 11.6 Å². The maximum Gasteiger partial charge on any atom is 0.377 e. The Morgan fingerprint density at radius 3 is 2.52 bits per heavy atom. The Balaban J connectivity index is 2.03. The summed E-state index contributed by atoms with van der Waals surface area (Å²) in [5.41, 5.74) is 5.10. The summed E-state index contributed by atoms with van der Waals surface area (Å²) in [6.07, 6.45) is -0.273. The molecular weight excluding hydrogens is 340 g/mol. The van der Waals surface area contributed by atoms with E-state index in [0.29, 0.717) is 5.02 Å². The van der Waals surface area contributed by atoms with Crippen LogP contribution < -0.4 is 10.4 Å². The van der Waals surface area contributed by atoms with Gasteiger partial charge in [0.15, 0.2) is 0 Å². The van der Waals surface area contributed by atoms with Crippen LogP contribution in [0.25, 0.3) is 0 Å². The van der Waals surface area contributed by atoms with Gasteiger partial charge in [-0.1, -0.05) is 41.9 Å². The fourth-order valence-electron chi connectivity index (χ4n) is 2.55. The Morgan fingerprint density at radius 2 is 1.88 bits per heavy atom. The van der Waals surface area contributed by atoms with Crippen molar-refractivity contribution in [2.24, 2.45) is 5.10 Å². The number of halogens is 1. The van der Waals surface area contributed by atoms with Gasteiger partial charge in [-0.05, 0) is 36.8 Å². The van der Waals surface area contributed by atoms with Crippen LogP contribution in [0.5, 0.6) is 0 Å². The molecule has 1 unspecified atom stereocenters. The van der Waals surface area contributed by atoms with Crippen LogP contribution in [0.15, 0.2) is 59.7 Å². The summed E-state index contributed by atoms with van der Waals surface area (Å²) in [5, 5.41) is 8.50. The number of nitrogens with one attached hydrogen (secondary N) is 1. The molecule has 1 heterocycles. The molecule has 1 aliphatic heterocycles. The van der Waals surface area contributed by atoms with Crippen LogP contribution in [-0.4, -0.2) is 30.5 Å². The summed E-state index contributed by atoms with van der Waals surface area (Å²) in [5.74, 6) is -0.299. The molecule has 0 spiro atoms. The Labute approximate surface area is 151 Å². The third-order valence-corrected chi connectivity index (χ3v) is 4.00. The van der Waals surface area contributed by atoms with Crippen molar-refractivity contribution < 1.29 is 9.53 Å². The van der Waals surface area contributed by atoms with Crippen molar-refractivity contribution in [2.75, 3.05) is 18.7 Å². The molecule has 0 amide bonds. The Kier molecular flexibility index (Phi) is 5.21. The lowest BCUT2D eigenvalue weighted by molar-refractivity contribution is -0.136. The monoisotopic (exact) mass is 358 g/mol. The highest BCUT2D eigenvalue weighted by atomic mass is 35.5. The van der Waals surface area contributed by atoms with Gasteiger partial charge in [0.1, 0.15) is 6.17 Å². The van der Waals surface area contributed by atoms with E-state index in [1.165, 1.54) is 0 Å². The van der Waals surface area contributed by atoms with E-state index >= 15 is 0 Å². The summed E-state index contributed by atoms with van der Waals surface area (Å²) in [7, 11) is 1.74. The van der Waals surface area contributed by atoms with Gasteiger partial charge < -0.3 is 4.74 Å². The standard InChI is InChI=1S/C18H19ClN4O2/c1-3-25-18(24)17-21-23(15-11-9-14(19)10-12-15)16(20-22(17)2)13-7-5-4-6-8-13/h4-12,16,20H,3H2,1-2H3. The molecule has 1 atom stereocenters. The van der Waals surface area contributed by atoms with Gasteiger partial charge in [-0.15, -0.1) is 5.10 Å². The van der Waals surface area contributed by atoms with Gasteiger partial charge in [0.25, 0.3) is 0 Å². The Hall–Kier alpha value is -2.57. The van der Waals surface area contributed by atoms with Crippen molar-refractivity contribution in [3.63, 3.8) is 0 Å². The lowest BCUT2D eigenvalue weighted by Gasteiger charge is -2.39. The zero-order valence-electron chi connectivity index (χ0n) is 14.0. The van der Waals surface area contributed by atoms with E-state index in [1.54, 1.807) is 36.1 Å². The fourth-order valence-corrected chi connectivity index (χ4v) is 2.68. The molecule has 130 valence electrons. The number of nitrogens with zero attached hydrogens (tertiary/aromatic N) is 3. The molecule has 0 bridgehead atoms. The molecule has 2 aromatic rings. The number of anilines is 1. The van der Waals surface area contributed by atoms with E-state index in [9.17, 15) is 4.79 Å². The molecule has 2 aromatic carbocycles. The number of carbonyl (C=O) groups is 1. The van der Waals surface area contributed by atoms with Crippen LogP contribution in [0.3, 0.4) is 0 Å². The number of esters is 1. The molecule has 25 heavy (non-hydrogen) atoms. The van der Waals surface area contributed by atoms with Gasteiger partial charge in [0.2, 0.25) is 5.84 Å². The average Bonchev–Trinajstić information content (AvgIpc) is 2.63. The molecule has 6 nitrogen and oxygen atoms in total.